The van der Waals surface area contributed by atoms with Crippen LogP contribution in [0.2, 0.25) is 0 Å². The van der Waals surface area contributed by atoms with Crippen LogP contribution in [0.25, 0.3) is 5.69 Å². The second-order valence-electron chi connectivity index (χ2n) is 5.73. The van der Waals surface area contributed by atoms with Crippen molar-refractivity contribution in [2.24, 2.45) is 5.92 Å². The summed E-state index contributed by atoms with van der Waals surface area (Å²) in [6.07, 6.45) is 7.36. The first-order valence-corrected chi connectivity index (χ1v) is 9.20. The molecule has 24 heavy (non-hydrogen) atoms. The van der Waals surface area contributed by atoms with Crippen molar-refractivity contribution in [3.63, 3.8) is 0 Å². The minimum Gasteiger partial charge on any atom is -0.283 e. The van der Waals surface area contributed by atoms with Gasteiger partial charge in [0.25, 0.3) is 5.91 Å². The molecule has 1 aliphatic rings. The number of carbonyl (C=O) groups is 2. The van der Waals surface area contributed by atoms with Crippen LogP contribution < -0.4 is 10.9 Å². The largest absolute Gasteiger partial charge is 0.288 e. The Balaban J connectivity index is 1.75. The molecule has 0 aliphatic heterocycles. The lowest BCUT2D eigenvalue weighted by molar-refractivity contribution is -0.125. The lowest BCUT2D eigenvalue weighted by Gasteiger charge is -2.13. The monoisotopic (exact) mass is 344 g/mol. The Kier molecular flexibility index (Phi) is 5.20. The molecule has 6 nitrogen and oxygen atoms in total. The molecule has 1 heterocycles. The predicted molar refractivity (Wildman–Crippen MR) is 92.9 cm³/mol. The van der Waals surface area contributed by atoms with Crippen LogP contribution in [0, 0.1) is 5.92 Å². The zero-order valence-corrected chi connectivity index (χ0v) is 14.3. The molecule has 0 unspecified atom stereocenters. The van der Waals surface area contributed by atoms with Gasteiger partial charge >= 0.3 is 0 Å². The second-order valence-corrected chi connectivity index (χ2v) is 6.50. The van der Waals surface area contributed by atoms with Crippen molar-refractivity contribution in [3.8, 4) is 5.69 Å². The molecule has 0 radical (unpaired) electrons. The van der Waals surface area contributed by atoms with Crippen molar-refractivity contribution in [1.29, 1.82) is 0 Å². The Bertz CT molecular complexity index is 723. The maximum Gasteiger partial charge on any atom is 0.288 e. The van der Waals surface area contributed by atoms with Crippen molar-refractivity contribution < 1.29 is 9.59 Å². The van der Waals surface area contributed by atoms with Crippen LogP contribution in [0.4, 0.5) is 0 Å². The molecule has 0 saturated heterocycles. The van der Waals surface area contributed by atoms with E-state index in [1.54, 1.807) is 4.57 Å². The molecule has 1 fully saturated rings. The molecular weight excluding hydrogens is 324 g/mol. The van der Waals surface area contributed by atoms with Crippen molar-refractivity contribution in [2.45, 2.75) is 30.8 Å². The number of hydrogen-bond donors (Lipinski definition) is 2. The number of nitrogens with one attached hydrogen (secondary N) is 2. The summed E-state index contributed by atoms with van der Waals surface area (Å²) >= 11 is 1.46. The first-order chi connectivity index (χ1) is 11.7. The molecule has 3 rings (SSSR count). The fraction of sp³-hybridized carbons (Fsp3) is 0.353. The number of hydrogen-bond acceptors (Lipinski definition) is 4. The van der Waals surface area contributed by atoms with E-state index in [1.165, 1.54) is 18.0 Å². The van der Waals surface area contributed by atoms with E-state index in [4.69, 9.17) is 0 Å². The number of imidazole rings is 1. The SMILES string of the molecule is CSc1ncc(C(=O)NNC(=O)C2CCCC2)n1-c1ccccc1. The summed E-state index contributed by atoms with van der Waals surface area (Å²) in [5.74, 6) is -0.485. The summed E-state index contributed by atoms with van der Waals surface area (Å²) in [7, 11) is 0. The molecule has 1 aliphatic carbocycles. The third kappa shape index (κ3) is 3.46. The standard InChI is InChI=1S/C17H20N4O2S/c1-24-17-18-11-14(21(17)13-9-3-2-4-10-13)16(23)20-19-15(22)12-7-5-6-8-12/h2-4,9-12H,5-8H2,1H3,(H,19,22)(H,20,23). The van der Waals surface area contributed by atoms with Gasteiger partial charge in [-0.3, -0.25) is 25.0 Å². The third-order valence-electron chi connectivity index (χ3n) is 4.18. The highest BCUT2D eigenvalue weighted by atomic mass is 32.2. The second kappa shape index (κ2) is 7.53. The fourth-order valence-electron chi connectivity index (χ4n) is 2.94. The maximum absolute atomic E-state index is 12.5. The summed E-state index contributed by atoms with van der Waals surface area (Å²) < 4.78 is 1.78. The smallest absolute Gasteiger partial charge is 0.283 e. The highest BCUT2D eigenvalue weighted by Crippen LogP contribution is 2.24. The molecule has 126 valence electrons. The van der Waals surface area contributed by atoms with Crippen LogP contribution in [-0.2, 0) is 4.79 Å². The number of nitrogens with zero attached hydrogens (tertiary/aromatic N) is 2. The summed E-state index contributed by atoms with van der Waals surface area (Å²) in [4.78, 5) is 28.8. The van der Waals surface area contributed by atoms with Gasteiger partial charge in [-0.1, -0.05) is 42.8 Å². The Morgan fingerprint density at radius 1 is 1.17 bits per heavy atom. The van der Waals surface area contributed by atoms with E-state index >= 15 is 0 Å². The minimum absolute atomic E-state index is 0.00564. The van der Waals surface area contributed by atoms with Gasteiger partial charge in [-0.25, -0.2) is 4.98 Å². The van der Waals surface area contributed by atoms with Gasteiger partial charge < -0.3 is 0 Å². The van der Waals surface area contributed by atoms with Crippen molar-refractivity contribution in [1.82, 2.24) is 20.4 Å². The Labute approximate surface area is 145 Å². The number of thioether (sulfide) groups is 1. The van der Waals surface area contributed by atoms with E-state index in [-0.39, 0.29) is 17.7 Å². The zero-order chi connectivity index (χ0) is 16.9. The van der Waals surface area contributed by atoms with E-state index in [9.17, 15) is 9.59 Å². The van der Waals surface area contributed by atoms with Crippen LogP contribution in [0.15, 0.2) is 41.7 Å². The van der Waals surface area contributed by atoms with E-state index in [0.717, 1.165) is 31.4 Å². The van der Waals surface area contributed by atoms with Crippen molar-refractivity contribution in [2.75, 3.05) is 6.26 Å². The first-order valence-electron chi connectivity index (χ1n) is 7.98. The van der Waals surface area contributed by atoms with E-state index in [1.807, 2.05) is 36.6 Å². The summed E-state index contributed by atoms with van der Waals surface area (Å²) in [5, 5.41) is 0.716. The van der Waals surface area contributed by atoms with Gasteiger partial charge in [0.2, 0.25) is 5.91 Å². The molecule has 0 atom stereocenters. The molecule has 0 bridgehead atoms. The molecule has 1 aromatic carbocycles. The van der Waals surface area contributed by atoms with Gasteiger partial charge in [-0.15, -0.1) is 0 Å². The van der Waals surface area contributed by atoms with E-state index in [2.05, 4.69) is 15.8 Å². The number of carbonyl (C=O) groups excluding carboxylic acids is 2. The Morgan fingerprint density at radius 2 is 1.88 bits per heavy atom. The number of rotatable bonds is 4. The van der Waals surface area contributed by atoms with Gasteiger partial charge in [0.15, 0.2) is 5.16 Å². The van der Waals surface area contributed by atoms with Crippen LogP contribution in [-0.4, -0.2) is 27.6 Å². The molecule has 1 saturated carbocycles. The van der Waals surface area contributed by atoms with Gasteiger partial charge in [0.1, 0.15) is 5.69 Å². The molecule has 1 aromatic heterocycles. The fourth-order valence-corrected chi connectivity index (χ4v) is 3.48. The highest BCUT2D eigenvalue weighted by molar-refractivity contribution is 7.98. The quantitative estimate of drug-likeness (QED) is 0.660. The molecule has 7 heteroatoms. The number of para-hydroxylation sites is 1. The summed E-state index contributed by atoms with van der Waals surface area (Å²) in [6, 6.07) is 9.55. The third-order valence-corrected chi connectivity index (χ3v) is 4.84. The van der Waals surface area contributed by atoms with Gasteiger partial charge in [0, 0.05) is 11.6 Å². The van der Waals surface area contributed by atoms with Gasteiger partial charge in [-0.2, -0.15) is 0 Å². The summed E-state index contributed by atoms with van der Waals surface area (Å²) in [6.45, 7) is 0. The predicted octanol–water partition coefficient (Wildman–Crippen LogP) is 2.55. The molecule has 2 amide bonds. The number of hydrazine groups is 1. The van der Waals surface area contributed by atoms with Crippen LogP contribution in [0.5, 0.6) is 0 Å². The van der Waals surface area contributed by atoms with E-state index < -0.39 is 0 Å². The normalized spacial score (nSPS) is 14.5. The summed E-state index contributed by atoms with van der Waals surface area (Å²) in [5.41, 5.74) is 6.30. The molecule has 2 aromatic rings. The van der Waals surface area contributed by atoms with Gasteiger partial charge in [-0.05, 0) is 31.2 Å². The first kappa shape index (κ1) is 16.6. The van der Waals surface area contributed by atoms with Crippen LogP contribution >= 0.6 is 11.8 Å². The van der Waals surface area contributed by atoms with E-state index in [0.29, 0.717) is 10.9 Å². The average Bonchev–Trinajstić information content (AvgIpc) is 3.29. The van der Waals surface area contributed by atoms with Crippen LogP contribution in [0.1, 0.15) is 36.2 Å². The molecule has 0 spiro atoms. The van der Waals surface area contributed by atoms with Gasteiger partial charge in [0.05, 0.1) is 6.20 Å². The van der Waals surface area contributed by atoms with Crippen LogP contribution in [0.3, 0.4) is 0 Å². The van der Waals surface area contributed by atoms with Crippen molar-refractivity contribution in [3.05, 3.63) is 42.2 Å². The Hall–Kier alpha value is -2.28. The lowest BCUT2D eigenvalue weighted by atomic mass is 10.1. The number of aromatic nitrogens is 2. The van der Waals surface area contributed by atoms with Crippen molar-refractivity contribution >= 4 is 23.6 Å². The zero-order valence-electron chi connectivity index (χ0n) is 13.5. The minimum atomic E-state index is -0.377. The maximum atomic E-state index is 12.5. The average molecular weight is 344 g/mol. The topological polar surface area (TPSA) is 76.0 Å². The lowest BCUT2D eigenvalue weighted by Crippen LogP contribution is -2.44. The molecular formula is C17H20N4O2S. The molecule has 2 N–H and O–H groups in total. The highest BCUT2D eigenvalue weighted by Gasteiger charge is 2.24. The Morgan fingerprint density at radius 3 is 2.54 bits per heavy atom. The number of amides is 2. The number of benzene rings is 1.